The molecule has 0 fully saturated rings. The van der Waals surface area contributed by atoms with Crippen molar-refractivity contribution < 1.29 is 9.84 Å². The third-order valence-corrected chi connectivity index (χ3v) is 2.03. The Balaban J connectivity index is 2.32. The van der Waals surface area contributed by atoms with Gasteiger partial charge < -0.3 is 9.84 Å². The zero-order valence-electron chi connectivity index (χ0n) is 7.37. The SMILES string of the molecule is OCCCOCc1ccccc1Cl. The van der Waals surface area contributed by atoms with Crippen LogP contribution in [0.3, 0.4) is 0 Å². The Morgan fingerprint density at radius 2 is 2.08 bits per heavy atom. The summed E-state index contributed by atoms with van der Waals surface area (Å²) in [5.41, 5.74) is 0.988. The van der Waals surface area contributed by atoms with E-state index in [0.717, 1.165) is 10.6 Å². The average Bonchev–Trinajstić information content (AvgIpc) is 2.15. The highest BCUT2D eigenvalue weighted by Gasteiger charge is 1.97. The molecule has 1 N–H and O–H groups in total. The molecular weight excluding hydrogens is 188 g/mol. The lowest BCUT2D eigenvalue weighted by Crippen LogP contribution is -1.97. The van der Waals surface area contributed by atoms with Gasteiger partial charge in [0.1, 0.15) is 0 Å². The average molecular weight is 201 g/mol. The van der Waals surface area contributed by atoms with Gasteiger partial charge in [-0.1, -0.05) is 29.8 Å². The van der Waals surface area contributed by atoms with Crippen molar-refractivity contribution in [1.82, 2.24) is 0 Å². The van der Waals surface area contributed by atoms with Crippen LogP contribution >= 0.6 is 11.6 Å². The zero-order chi connectivity index (χ0) is 9.52. The Morgan fingerprint density at radius 3 is 2.77 bits per heavy atom. The van der Waals surface area contributed by atoms with Crippen molar-refractivity contribution in [3.63, 3.8) is 0 Å². The standard InChI is InChI=1S/C10H13ClO2/c11-10-5-2-1-4-9(10)8-13-7-3-6-12/h1-2,4-5,12H,3,6-8H2. The fraction of sp³-hybridized carbons (Fsp3) is 0.400. The predicted octanol–water partition coefficient (Wildman–Crippen LogP) is 2.24. The number of benzene rings is 1. The Morgan fingerprint density at radius 1 is 1.31 bits per heavy atom. The second-order valence-electron chi connectivity index (χ2n) is 2.72. The summed E-state index contributed by atoms with van der Waals surface area (Å²) in [5.74, 6) is 0. The largest absolute Gasteiger partial charge is 0.396 e. The summed E-state index contributed by atoms with van der Waals surface area (Å²) in [6.07, 6.45) is 0.671. The molecule has 3 heteroatoms. The van der Waals surface area contributed by atoms with E-state index in [2.05, 4.69) is 0 Å². The maximum Gasteiger partial charge on any atom is 0.0731 e. The van der Waals surface area contributed by atoms with Crippen LogP contribution < -0.4 is 0 Å². The molecule has 0 saturated carbocycles. The van der Waals surface area contributed by atoms with E-state index in [1.54, 1.807) is 0 Å². The van der Waals surface area contributed by atoms with Crippen molar-refractivity contribution >= 4 is 11.6 Å². The van der Waals surface area contributed by atoms with Gasteiger partial charge in [0.25, 0.3) is 0 Å². The molecule has 0 bridgehead atoms. The minimum Gasteiger partial charge on any atom is -0.396 e. The molecule has 0 spiro atoms. The van der Waals surface area contributed by atoms with Crippen LogP contribution in [0.25, 0.3) is 0 Å². The molecular formula is C10H13ClO2. The number of rotatable bonds is 5. The third-order valence-electron chi connectivity index (χ3n) is 1.66. The van der Waals surface area contributed by atoms with Crippen LogP contribution in [0.4, 0.5) is 0 Å². The van der Waals surface area contributed by atoms with Gasteiger partial charge in [-0.15, -0.1) is 0 Å². The third kappa shape index (κ3) is 3.77. The summed E-state index contributed by atoms with van der Waals surface area (Å²) in [6, 6.07) is 7.59. The molecule has 0 atom stereocenters. The first-order valence-corrected chi connectivity index (χ1v) is 4.64. The fourth-order valence-corrected chi connectivity index (χ4v) is 1.15. The number of ether oxygens (including phenoxy) is 1. The second-order valence-corrected chi connectivity index (χ2v) is 3.13. The van der Waals surface area contributed by atoms with E-state index < -0.39 is 0 Å². The van der Waals surface area contributed by atoms with Crippen LogP contribution in [0.5, 0.6) is 0 Å². The normalized spacial score (nSPS) is 10.3. The minimum absolute atomic E-state index is 0.169. The summed E-state index contributed by atoms with van der Waals surface area (Å²) in [5, 5.41) is 9.24. The summed E-state index contributed by atoms with van der Waals surface area (Å²) < 4.78 is 5.30. The van der Waals surface area contributed by atoms with Gasteiger partial charge in [0.2, 0.25) is 0 Å². The maximum absolute atomic E-state index is 8.51. The van der Waals surface area contributed by atoms with Gasteiger partial charge in [0.15, 0.2) is 0 Å². The van der Waals surface area contributed by atoms with Crippen LogP contribution in [0.15, 0.2) is 24.3 Å². The van der Waals surface area contributed by atoms with Crippen LogP contribution in [0.2, 0.25) is 5.02 Å². The number of aliphatic hydroxyl groups excluding tert-OH is 1. The quantitative estimate of drug-likeness (QED) is 0.739. The summed E-state index contributed by atoms with van der Waals surface area (Å²) in [7, 11) is 0. The molecule has 1 aromatic carbocycles. The Hall–Kier alpha value is -0.570. The summed E-state index contributed by atoms with van der Waals surface area (Å²) in [4.78, 5) is 0. The maximum atomic E-state index is 8.51. The first kappa shape index (κ1) is 10.5. The van der Waals surface area contributed by atoms with Gasteiger partial charge in [-0.2, -0.15) is 0 Å². The van der Waals surface area contributed by atoms with Gasteiger partial charge >= 0.3 is 0 Å². The molecule has 0 heterocycles. The summed E-state index contributed by atoms with van der Waals surface area (Å²) >= 11 is 5.91. The van der Waals surface area contributed by atoms with Crippen LogP contribution in [0.1, 0.15) is 12.0 Å². The molecule has 0 aliphatic carbocycles. The number of aliphatic hydroxyl groups is 1. The highest BCUT2D eigenvalue weighted by Crippen LogP contribution is 2.15. The van der Waals surface area contributed by atoms with Gasteiger partial charge in [0, 0.05) is 18.2 Å². The molecule has 13 heavy (non-hydrogen) atoms. The van der Waals surface area contributed by atoms with E-state index in [-0.39, 0.29) is 6.61 Å². The van der Waals surface area contributed by atoms with Crippen molar-refractivity contribution in [3.8, 4) is 0 Å². The molecule has 1 rings (SSSR count). The number of halogens is 1. The van der Waals surface area contributed by atoms with Crippen molar-refractivity contribution in [2.45, 2.75) is 13.0 Å². The van der Waals surface area contributed by atoms with Crippen molar-refractivity contribution in [3.05, 3.63) is 34.9 Å². The number of hydrogen-bond acceptors (Lipinski definition) is 2. The highest BCUT2D eigenvalue weighted by atomic mass is 35.5. The topological polar surface area (TPSA) is 29.5 Å². The second kappa shape index (κ2) is 5.97. The van der Waals surface area contributed by atoms with E-state index in [1.807, 2.05) is 24.3 Å². The van der Waals surface area contributed by atoms with Gasteiger partial charge in [-0.05, 0) is 18.1 Å². The molecule has 0 amide bonds. The molecule has 2 nitrogen and oxygen atoms in total. The lowest BCUT2D eigenvalue weighted by molar-refractivity contribution is 0.104. The van der Waals surface area contributed by atoms with Gasteiger partial charge in [-0.3, -0.25) is 0 Å². The van der Waals surface area contributed by atoms with Crippen molar-refractivity contribution in [1.29, 1.82) is 0 Å². The van der Waals surface area contributed by atoms with E-state index >= 15 is 0 Å². The number of hydrogen-bond donors (Lipinski definition) is 1. The molecule has 0 aliphatic rings. The zero-order valence-corrected chi connectivity index (χ0v) is 8.13. The lowest BCUT2D eigenvalue weighted by atomic mass is 10.2. The van der Waals surface area contributed by atoms with E-state index in [9.17, 15) is 0 Å². The van der Waals surface area contributed by atoms with Crippen molar-refractivity contribution in [2.75, 3.05) is 13.2 Å². The molecule has 0 radical (unpaired) electrons. The molecule has 1 aromatic rings. The fourth-order valence-electron chi connectivity index (χ4n) is 0.964. The van der Waals surface area contributed by atoms with Crippen LogP contribution in [-0.2, 0) is 11.3 Å². The van der Waals surface area contributed by atoms with Crippen LogP contribution in [0, 0.1) is 0 Å². The Kier molecular flexibility index (Phi) is 4.83. The predicted molar refractivity (Wildman–Crippen MR) is 52.8 cm³/mol. The highest BCUT2D eigenvalue weighted by molar-refractivity contribution is 6.31. The molecule has 0 unspecified atom stereocenters. The molecule has 0 saturated heterocycles. The summed E-state index contributed by atoms with van der Waals surface area (Å²) in [6.45, 7) is 1.25. The first-order valence-electron chi connectivity index (χ1n) is 4.26. The van der Waals surface area contributed by atoms with Gasteiger partial charge in [0.05, 0.1) is 6.61 Å². The minimum atomic E-state index is 0.169. The first-order chi connectivity index (χ1) is 6.34. The van der Waals surface area contributed by atoms with Gasteiger partial charge in [-0.25, -0.2) is 0 Å². The van der Waals surface area contributed by atoms with Crippen molar-refractivity contribution in [2.24, 2.45) is 0 Å². The molecule has 0 aromatic heterocycles. The van der Waals surface area contributed by atoms with E-state index in [4.69, 9.17) is 21.4 Å². The van der Waals surface area contributed by atoms with E-state index in [1.165, 1.54) is 0 Å². The van der Waals surface area contributed by atoms with E-state index in [0.29, 0.717) is 19.6 Å². The lowest BCUT2D eigenvalue weighted by Gasteiger charge is -2.04. The molecule has 72 valence electrons. The van der Waals surface area contributed by atoms with Crippen LogP contribution in [-0.4, -0.2) is 18.3 Å². The monoisotopic (exact) mass is 200 g/mol. The Bertz CT molecular complexity index is 250. The smallest absolute Gasteiger partial charge is 0.0731 e. The Labute approximate surface area is 83.1 Å². The molecule has 0 aliphatic heterocycles.